The van der Waals surface area contributed by atoms with Crippen molar-refractivity contribution in [2.75, 3.05) is 7.11 Å². The van der Waals surface area contributed by atoms with Crippen molar-refractivity contribution in [2.24, 2.45) is 0 Å². The zero-order valence-electron chi connectivity index (χ0n) is 10.1. The van der Waals surface area contributed by atoms with E-state index in [-0.39, 0.29) is 0 Å². The molecule has 0 amide bonds. The van der Waals surface area contributed by atoms with Crippen LogP contribution in [0.3, 0.4) is 0 Å². The third kappa shape index (κ3) is 3.06. The molecule has 2 rings (SSSR count). The van der Waals surface area contributed by atoms with Gasteiger partial charge in [0.15, 0.2) is 0 Å². The van der Waals surface area contributed by atoms with Crippen molar-refractivity contribution in [2.45, 2.75) is 18.9 Å². The fraction of sp³-hybridized carbons (Fsp3) is 0.286. The Balaban J connectivity index is 2.02. The van der Waals surface area contributed by atoms with Gasteiger partial charge in [-0.2, -0.15) is 0 Å². The number of ether oxygens (including phenoxy) is 1. The van der Waals surface area contributed by atoms with Crippen LogP contribution in [-0.2, 0) is 6.42 Å². The molecule has 0 aliphatic rings. The monoisotopic (exact) mass is 266 g/mol. The first-order valence-electron chi connectivity index (χ1n) is 5.74. The van der Waals surface area contributed by atoms with Crippen molar-refractivity contribution in [1.82, 2.24) is 0 Å². The van der Waals surface area contributed by atoms with Gasteiger partial charge in [0, 0.05) is 6.42 Å². The Hall–Kier alpha value is -1.45. The summed E-state index contributed by atoms with van der Waals surface area (Å²) in [6.45, 7) is 0. The van der Waals surface area contributed by atoms with Gasteiger partial charge in [-0.1, -0.05) is 17.7 Å². The van der Waals surface area contributed by atoms with Crippen LogP contribution in [0.2, 0.25) is 5.02 Å². The van der Waals surface area contributed by atoms with Gasteiger partial charge in [-0.3, -0.25) is 0 Å². The minimum absolute atomic E-state index is 0.541. The highest BCUT2D eigenvalue weighted by molar-refractivity contribution is 6.32. The molecule has 3 nitrogen and oxygen atoms in total. The van der Waals surface area contributed by atoms with E-state index in [1.807, 2.05) is 12.1 Å². The smallest absolute Gasteiger partial charge is 0.137 e. The number of hydrogen-bond acceptors (Lipinski definition) is 3. The minimum Gasteiger partial charge on any atom is -0.495 e. The molecule has 0 fully saturated rings. The summed E-state index contributed by atoms with van der Waals surface area (Å²) < 4.78 is 10.4. The van der Waals surface area contributed by atoms with E-state index in [0.717, 1.165) is 11.3 Å². The van der Waals surface area contributed by atoms with Gasteiger partial charge in [0.2, 0.25) is 0 Å². The van der Waals surface area contributed by atoms with E-state index in [4.69, 9.17) is 20.8 Å². The molecular formula is C14H15ClO3. The molecule has 0 aliphatic carbocycles. The Morgan fingerprint density at radius 2 is 2.22 bits per heavy atom. The van der Waals surface area contributed by atoms with Gasteiger partial charge < -0.3 is 14.3 Å². The molecule has 0 saturated heterocycles. The summed E-state index contributed by atoms with van der Waals surface area (Å²) in [5.41, 5.74) is 0.794. The zero-order valence-corrected chi connectivity index (χ0v) is 10.9. The van der Waals surface area contributed by atoms with Gasteiger partial charge >= 0.3 is 0 Å². The van der Waals surface area contributed by atoms with Crippen molar-refractivity contribution in [3.8, 4) is 5.75 Å². The molecule has 1 heterocycles. The lowest BCUT2D eigenvalue weighted by Crippen LogP contribution is -2.00. The molecule has 1 unspecified atom stereocenters. The average molecular weight is 267 g/mol. The molecule has 96 valence electrons. The van der Waals surface area contributed by atoms with Crippen molar-refractivity contribution in [1.29, 1.82) is 0 Å². The molecular weight excluding hydrogens is 252 g/mol. The number of methoxy groups -OCH3 is 1. The standard InChI is InChI=1S/C14H15ClO3/c1-17-14-9-10(4-6-12(14)15)13(16)7-5-11-3-2-8-18-11/h2-4,6,8-9,13,16H,5,7H2,1H3. The first-order valence-corrected chi connectivity index (χ1v) is 6.12. The second-order valence-electron chi connectivity index (χ2n) is 4.03. The van der Waals surface area contributed by atoms with E-state index in [2.05, 4.69) is 0 Å². The number of halogens is 1. The van der Waals surface area contributed by atoms with E-state index in [9.17, 15) is 5.11 Å². The molecule has 0 aliphatic heterocycles. The van der Waals surface area contributed by atoms with E-state index in [1.165, 1.54) is 0 Å². The van der Waals surface area contributed by atoms with Gasteiger partial charge in [0.25, 0.3) is 0 Å². The number of benzene rings is 1. The van der Waals surface area contributed by atoms with Crippen LogP contribution in [0.25, 0.3) is 0 Å². The van der Waals surface area contributed by atoms with Crippen LogP contribution in [-0.4, -0.2) is 12.2 Å². The average Bonchev–Trinajstić information content (AvgIpc) is 2.89. The van der Waals surface area contributed by atoms with Gasteiger partial charge in [0.05, 0.1) is 24.5 Å². The first kappa shape index (κ1) is 13.0. The van der Waals surface area contributed by atoms with E-state index < -0.39 is 6.10 Å². The lowest BCUT2D eigenvalue weighted by molar-refractivity contribution is 0.165. The fourth-order valence-corrected chi connectivity index (χ4v) is 1.98. The van der Waals surface area contributed by atoms with Crippen molar-refractivity contribution in [3.05, 3.63) is 52.9 Å². The van der Waals surface area contributed by atoms with Gasteiger partial charge in [-0.15, -0.1) is 0 Å². The second kappa shape index (κ2) is 5.94. The van der Waals surface area contributed by atoms with Crippen molar-refractivity contribution >= 4 is 11.6 Å². The lowest BCUT2D eigenvalue weighted by atomic mass is 10.0. The van der Waals surface area contributed by atoms with Crippen LogP contribution < -0.4 is 4.74 Å². The summed E-state index contributed by atoms with van der Waals surface area (Å²) in [4.78, 5) is 0. The topological polar surface area (TPSA) is 42.6 Å². The highest BCUT2D eigenvalue weighted by Gasteiger charge is 2.11. The summed E-state index contributed by atoms with van der Waals surface area (Å²) in [5.74, 6) is 1.45. The Morgan fingerprint density at radius 3 is 2.89 bits per heavy atom. The molecule has 1 aromatic heterocycles. The second-order valence-corrected chi connectivity index (χ2v) is 4.44. The van der Waals surface area contributed by atoms with Crippen molar-refractivity contribution in [3.63, 3.8) is 0 Å². The molecule has 0 bridgehead atoms. The maximum Gasteiger partial charge on any atom is 0.137 e. The molecule has 0 spiro atoms. The highest BCUT2D eigenvalue weighted by Crippen LogP contribution is 2.29. The van der Waals surface area contributed by atoms with E-state index in [0.29, 0.717) is 23.6 Å². The molecule has 2 aromatic rings. The van der Waals surface area contributed by atoms with Gasteiger partial charge in [-0.05, 0) is 36.2 Å². The molecule has 1 atom stereocenters. The van der Waals surface area contributed by atoms with Gasteiger partial charge in [0.1, 0.15) is 11.5 Å². The van der Waals surface area contributed by atoms with Crippen LogP contribution in [0.4, 0.5) is 0 Å². The van der Waals surface area contributed by atoms with E-state index in [1.54, 1.807) is 31.6 Å². The molecule has 0 radical (unpaired) electrons. The number of aryl methyl sites for hydroxylation is 1. The molecule has 1 aromatic carbocycles. The molecule has 18 heavy (non-hydrogen) atoms. The predicted octanol–water partition coefficient (Wildman–Crippen LogP) is 3.61. The number of furan rings is 1. The summed E-state index contributed by atoms with van der Waals surface area (Å²) in [6.07, 6.45) is 2.37. The van der Waals surface area contributed by atoms with Gasteiger partial charge in [-0.25, -0.2) is 0 Å². The highest BCUT2D eigenvalue weighted by atomic mass is 35.5. The largest absolute Gasteiger partial charge is 0.495 e. The number of rotatable bonds is 5. The van der Waals surface area contributed by atoms with Crippen LogP contribution in [0.1, 0.15) is 23.8 Å². The SMILES string of the molecule is COc1cc(C(O)CCc2ccco2)ccc1Cl. The lowest BCUT2D eigenvalue weighted by Gasteiger charge is -2.12. The maximum absolute atomic E-state index is 10.1. The number of aliphatic hydroxyl groups is 1. The Kier molecular flexibility index (Phi) is 4.28. The minimum atomic E-state index is -0.554. The Bertz CT molecular complexity index is 494. The summed E-state index contributed by atoms with van der Waals surface area (Å²) in [6, 6.07) is 9.03. The molecule has 4 heteroatoms. The number of hydrogen-bond donors (Lipinski definition) is 1. The van der Waals surface area contributed by atoms with Crippen LogP contribution >= 0.6 is 11.6 Å². The molecule has 1 N–H and O–H groups in total. The van der Waals surface area contributed by atoms with Crippen LogP contribution in [0.5, 0.6) is 5.75 Å². The maximum atomic E-state index is 10.1. The first-order chi connectivity index (χ1) is 8.70. The quantitative estimate of drug-likeness (QED) is 0.899. The normalized spacial score (nSPS) is 12.4. The fourth-order valence-electron chi connectivity index (χ4n) is 1.78. The van der Waals surface area contributed by atoms with Crippen LogP contribution in [0.15, 0.2) is 41.0 Å². The number of aliphatic hydroxyl groups excluding tert-OH is 1. The molecule has 0 saturated carbocycles. The third-order valence-electron chi connectivity index (χ3n) is 2.80. The van der Waals surface area contributed by atoms with E-state index >= 15 is 0 Å². The Morgan fingerprint density at radius 1 is 1.39 bits per heavy atom. The summed E-state index contributed by atoms with van der Waals surface area (Å²) in [5, 5.41) is 10.6. The predicted molar refractivity (Wildman–Crippen MR) is 70.0 cm³/mol. The third-order valence-corrected chi connectivity index (χ3v) is 3.12. The Labute approximate surface area is 111 Å². The summed E-state index contributed by atoms with van der Waals surface area (Å²) >= 11 is 5.94. The summed E-state index contributed by atoms with van der Waals surface area (Å²) in [7, 11) is 1.56. The van der Waals surface area contributed by atoms with Crippen molar-refractivity contribution < 1.29 is 14.3 Å². The zero-order chi connectivity index (χ0) is 13.0. The van der Waals surface area contributed by atoms with Crippen LogP contribution in [0, 0.1) is 0 Å².